The van der Waals surface area contributed by atoms with Crippen LogP contribution in [0.2, 0.25) is 0 Å². The van der Waals surface area contributed by atoms with Gasteiger partial charge in [0, 0.05) is 5.39 Å². The van der Waals surface area contributed by atoms with Gasteiger partial charge in [0.2, 0.25) is 0 Å². The van der Waals surface area contributed by atoms with Crippen LogP contribution in [0.5, 0.6) is 0 Å². The number of hydrogen-bond acceptors (Lipinski definition) is 2. The number of nitrogens with zero attached hydrogens (tertiary/aromatic N) is 2. The number of ether oxygens (including phenoxy) is 1. The highest BCUT2D eigenvalue weighted by Gasteiger charge is 2.27. The van der Waals surface area contributed by atoms with Crippen LogP contribution in [-0.2, 0) is 11.3 Å². The smallest absolute Gasteiger partial charge is 0.148 e. The Morgan fingerprint density at radius 1 is 1.41 bits per heavy atom. The Bertz CT molecular complexity index is 532. The van der Waals surface area contributed by atoms with Crippen LogP contribution in [0.25, 0.3) is 10.9 Å². The van der Waals surface area contributed by atoms with E-state index < -0.39 is 0 Å². The Kier molecular flexibility index (Phi) is 2.61. The maximum absolute atomic E-state index is 5.90. The molecule has 0 fully saturated rings. The standard InChI is InChI=1S/C13H17N3O/c1-15(2)9-12-13-10-5-3-4-6-11(10)14-16(13)7-8-17-12/h3-6,12H,7-9H2,1-2H3/p+1/t12-/m0/s1. The summed E-state index contributed by atoms with van der Waals surface area (Å²) in [5, 5.41) is 5.87. The minimum Gasteiger partial charge on any atom is -0.364 e. The van der Waals surface area contributed by atoms with Gasteiger partial charge in [0.05, 0.1) is 38.5 Å². The summed E-state index contributed by atoms with van der Waals surface area (Å²) in [7, 11) is 4.31. The van der Waals surface area contributed by atoms with Crippen molar-refractivity contribution in [3.05, 3.63) is 30.0 Å². The fourth-order valence-corrected chi connectivity index (χ4v) is 2.50. The van der Waals surface area contributed by atoms with E-state index in [1.807, 2.05) is 6.07 Å². The van der Waals surface area contributed by atoms with Crippen molar-refractivity contribution in [1.82, 2.24) is 9.78 Å². The molecular weight excluding hydrogens is 214 g/mol. The lowest BCUT2D eigenvalue weighted by atomic mass is 10.1. The predicted molar refractivity (Wildman–Crippen MR) is 66.1 cm³/mol. The molecule has 17 heavy (non-hydrogen) atoms. The summed E-state index contributed by atoms with van der Waals surface area (Å²) in [6.07, 6.45) is 0.168. The quantitative estimate of drug-likeness (QED) is 0.805. The SMILES string of the molecule is C[NH+](C)C[C@@H]1OCCn2nc3ccccc3c21. The van der Waals surface area contributed by atoms with Gasteiger partial charge in [-0.15, -0.1) is 0 Å². The highest BCUT2D eigenvalue weighted by molar-refractivity contribution is 5.81. The number of fused-ring (bicyclic) bond motifs is 3. The van der Waals surface area contributed by atoms with E-state index in [0.717, 1.165) is 25.2 Å². The molecule has 2 heterocycles. The van der Waals surface area contributed by atoms with Gasteiger partial charge in [-0.2, -0.15) is 5.10 Å². The third kappa shape index (κ3) is 1.83. The van der Waals surface area contributed by atoms with Crippen molar-refractivity contribution in [3.63, 3.8) is 0 Å². The molecule has 90 valence electrons. The molecule has 0 saturated heterocycles. The fourth-order valence-electron chi connectivity index (χ4n) is 2.50. The van der Waals surface area contributed by atoms with Crippen LogP contribution < -0.4 is 4.90 Å². The van der Waals surface area contributed by atoms with Gasteiger partial charge in [0.15, 0.2) is 0 Å². The summed E-state index contributed by atoms with van der Waals surface area (Å²) < 4.78 is 8.01. The van der Waals surface area contributed by atoms with E-state index in [1.54, 1.807) is 0 Å². The molecule has 1 aliphatic rings. The van der Waals surface area contributed by atoms with E-state index in [-0.39, 0.29) is 6.10 Å². The lowest BCUT2D eigenvalue weighted by Crippen LogP contribution is -3.06. The summed E-state index contributed by atoms with van der Waals surface area (Å²) >= 11 is 0. The first kappa shape index (κ1) is 10.7. The number of benzene rings is 1. The first-order valence-electron chi connectivity index (χ1n) is 6.12. The van der Waals surface area contributed by atoms with Gasteiger partial charge in [-0.05, 0) is 6.07 Å². The van der Waals surface area contributed by atoms with E-state index in [2.05, 4.69) is 42.1 Å². The molecule has 0 aliphatic carbocycles. The second-order valence-electron chi connectivity index (χ2n) is 4.90. The number of aromatic nitrogens is 2. The molecule has 2 aromatic rings. The van der Waals surface area contributed by atoms with Gasteiger partial charge in [-0.25, -0.2) is 0 Å². The lowest BCUT2D eigenvalue weighted by molar-refractivity contribution is -0.862. The minimum atomic E-state index is 0.168. The molecule has 0 amide bonds. The lowest BCUT2D eigenvalue weighted by Gasteiger charge is -2.25. The summed E-state index contributed by atoms with van der Waals surface area (Å²) in [6.45, 7) is 2.61. The Hall–Kier alpha value is -1.39. The van der Waals surface area contributed by atoms with Crippen molar-refractivity contribution in [2.45, 2.75) is 12.6 Å². The molecule has 0 spiro atoms. The number of rotatable bonds is 2. The molecular formula is C13H18N3O+. The van der Waals surface area contributed by atoms with Crippen LogP contribution in [0, 0.1) is 0 Å². The zero-order valence-corrected chi connectivity index (χ0v) is 10.3. The van der Waals surface area contributed by atoms with Crippen molar-refractivity contribution in [3.8, 4) is 0 Å². The second kappa shape index (κ2) is 4.13. The van der Waals surface area contributed by atoms with Gasteiger partial charge in [-0.3, -0.25) is 4.68 Å². The number of nitrogens with one attached hydrogen (secondary N) is 1. The maximum Gasteiger partial charge on any atom is 0.148 e. The zero-order chi connectivity index (χ0) is 11.8. The molecule has 1 N–H and O–H groups in total. The van der Waals surface area contributed by atoms with Crippen LogP contribution in [0.3, 0.4) is 0 Å². The van der Waals surface area contributed by atoms with E-state index in [1.165, 1.54) is 16.0 Å². The van der Waals surface area contributed by atoms with Gasteiger partial charge in [0.25, 0.3) is 0 Å². The minimum absolute atomic E-state index is 0.168. The van der Waals surface area contributed by atoms with Crippen LogP contribution in [0.1, 0.15) is 11.8 Å². The van der Waals surface area contributed by atoms with E-state index in [4.69, 9.17) is 4.74 Å². The van der Waals surface area contributed by atoms with Gasteiger partial charge in [0.1, 0.15) is 12.6 Å². The summed E-state index contributed by atoms with van der Waals surface area (Å²) in [6, 6.07) is 8.31. The van der Waals surface area contributed by atoms with Gasteiger partial charge in [-0.1, -0.05) is 18.2 Å². The first-order chi connectivity index (χ1) is 8.25. The van der Waals surface area contributed by atoms with Crippen LogP contribution in [0.15, 0.2) is 24.3 Å². The molecule has 4 nitrogen and oxygen atoms in total. The third-order valence-electron chi connectivity index (χ3n) is 3.21. The van der Waals surface area contributed by atoms with Gasteiger partial charge < -0.3 is 9.64 Å². The van der Waals surface area contributed by atoms with E-state index in [9.17, 15) is 0 Å². The zero-order valence-electron chi connectivity index (χ0n) is 10.3. The van der Waals surface area contributed by atoms with Gasteiger partial charge >= 0.3 is 0 Å². The van der Waals surface area contributed by atoms with Crippen molar-refractivity contribution in [2.75, 3.05) is 27.2 Å². The second-order valence-corrected chi connectivity index (χ2v) is 4.90. The number of hydrogen-bond donors (Lipinski definition) is 1. The molecule has 1 aromatic heterocycles. The predicted octanol–water partition coefficient (Wildman–Crippen LogP) is 0.252. The number of quaternary nitrogens is 1. The molecule has 4 heteroatoms. The largest absolute Gasteiger partial charge is 0.364 e. The monoisotopic (exact) mass is 232 g/mol. The van der Waals surface area contributed by atoms with Crippen molar-refractivity contribution < 1.29 is 9.64 Å². The Labute approximate surface area is 101 Å². The van der Waals surface area contributed by atoms with Crippen molar-refractivity contribution >= 4 is 10.9 Å². The topological polar surface area (TPSA) is 31.5 Å². The third-order valence-corrected chi connectivity index (χ3v) is 3.21. The molecule has 1 aromatic carbocycles. The van der Waals surface area contributed by atoms with E-state index >= 15 is 0 Å². The molecule has 0 bridgehead atoms. The maximum atomic E-state index is 5.90. The Morgan fingerprint density at radius 3 is 3.06 bits per heavy atom. The van der Waals surface area contributed by atoms with E-state index in [0.29, 0.717) is 0 Å². The summed E-state index contributed by atoms with van der Waals surface area (Å²) in [5.41, 5.74) is 2.32. The van der Waals surface area contributed by atoms with Crippen LogP contribution >= 0.6 is 0 Å². The highest BCUT2D eigenvalue weighted by Crippen LogP contribution is 2.28. The average Bonchev–Trinajstić information content (AvgIpc) is 2.67. The molecule has 1 atom stereocenters. The summed E-state index contributed by atoms with van der Waals surface area (Å²) in [5.74, 6) is 0. The van der Waals surface area contributed by atoms with Crippen molar-refractivity contribution in [1.29, 1.82) is 0 Å². The fraction of sp³-hybridized carbons (Fsp3) is 0.462. The summed E-state index contributed by atoms with van der Waals surface area (Å²) in [4.78, 5) is 1.40. The Balaban J connectivity index is 2.10. The van der Waals surface area contributed by atoms with Crippen LogP contribution in [-0.4, -0.2) is 37.0 Å². The van der Waals surface area contributed by atoms with Crippen molar-refractivity contribution in [2.24, 2.45) is 0 Å². The van der Waals surface area contributed by atoms with Crippen LogP contribution in [0.4, 0.5) is 0 Å². The molecule has 1 aliphatic heterocycles. The average molecular weight is 232 g/mol. The normalized spacial score (nSPS) is 19.8. The molecule has 0 saturated carbocycles. The molecule has 0 radical (unpaired) electrons. The highest BCUT2D eigenvalue weighted by atomic mass is 16.5. The molecule has 0 unspecified atom stereocenters. The number of likely N-dealkylation sites (N-methyl/N-ethyl adjacent to an activating group) is 1. The Morgan fingerprint density at radius 2 is 2.24 bits per heavy atom. The molecule has 3 rings (SSSR count). The first-order valence-corrected chi connectivity index (χ1v) is 6.12.